The van der Waals surface area contributed by atoms with E-state index in [1.54, 1.807) is 25.7 Å². The van der Waals surface area contributed by atoms with E-state index in [2.05, 4.69) is 45.1 Å². The minimum Gasteiger partial charge on any atom is -0.496 e. The molecule has 1 aromatic carbocycles. The second-order valence-corrected chi connectivity index (χ2v) is 8.62. The molecule has 0 aliphatic heterocycles. The fourth-order valence-corrected chi connectivity index (χ4v) is 3.82. The lowest BCUT2D eigenvalue weighted by Gasteiger charge is -2.20. The molecule has 0 aliphatic rings. The van der Waals surface area contributed by atoms with Crippen LogP contribution in [0.2, 0.25) is 0 Å². The van der Waals surface area contributed by atoms with Crippen LogP contribution in [0.4, 0.5) is 5.69 Å². The van der Waals surface area contributed by atoms with Crippen molar-refractivity contribution in [2.24, 2.45) is 5.92 Å². The van der Waals surface area contributed by atoms with Crippen molar-refractivity contribution in [2.45, 2.75) is 33.1 Å². The van der Waals surface area contributed by atoms with Crippen molar-refractivity contribution in [3.05, 3.63) is 70.7 Å². The summed E-state index contributed by atoms with van der Waals surface area (Å²) in [6.45, 7) is 6.18. The zero-order valence-corrected chi connectivity index (χ0v) is 19.2. The van der Waals surface area contributed by atoms with Crippen LogP contribution in [0.3, 0.4) is 0 Å². The van der Waals surface area contributed by atoms with Crippen LogP contribution in [0.5, 0.6) is 5.75 Å². The Balaban J connectivity index is 1.87. The molecule has 0 aliphatic carbocycles. The molecule has 1 atom stereocenters. The lowest BCUT2D eigenvalue weighted by atomic mass is 9.90. The Hall–Kier alpha value is -2.73. The molecule has 3 rings (SSSR count). The molecule has 0 spiro atoms. The molecule has 0 radical (unpaired) electrons. The number of methoxy groups -OCH3 is 1. The van der Waals surface area contributed by atoms with E-state index < -0.39 is 0 Å². The number of amides is 1. The van der Waals surface area contributed by atoms with Gasteiger partial charge in [0.15, 0.2) is 0 Å². The first-order valence-corrected chi connectivity index (χ1v) is 10.7. The van der Waals surface area contributed by atoms with Gasteiger partial charge in [0.2, 0.25) is 5.91 Å². The third kappa shape index (κ3) is 5.45. The van der Waals surface area contributed by atoms with E-state index in [1.165, 1.54) is 0 Å². The molecule has 30 heavy (non-hydrogen) atoms. The highest BCUT2D eigenvalue weighted by atomic mass is 79.9. The predicted octanol–water partition coefficient (Wildman–Crippen LogP) is 5.99. The molecule has 0 fully saturated rings. The van der Waals surface area contributed by atoms with Gasteiger partial charge in [0, 0.05) is 46.1 Å². The van der Waals surface area contributed by atoms with Gasteiger partial charge in [0.25, 0.3) is 0 Å². The number of anilines is 1. The summed E-state index contributed by atoms with van der Waals surface area (Å²) >= 11 is 3.45. The zero-order valence-electron chi connectivity index (χ0n) is 17.6. The van der Waals surface area contributed by atoms with Crippen LogP contribution >= 0.6 is 15.9 Å². The maximum Gasteiger partial charge on any atom is 0.231 e. The Kier molecular flexibility index (Phi) is 7.21. The number of benzene rings is 1. The Morgan fingerprint density at radius 1 is 1.17 bits per heavy atom. The van der Waals surface area contributed by atoms with Crippen molar-refractivity contribution >= 4 is 27.5 Å². The summed E-state index contributed by atoms with van der Waals surface area (Å²) in [6.07, 6.45) is 5.99. The van der Waals surface area contributed by atoms with E-state index in [-0.39, 0.29) is 11.8 Å². The summed E-state index contributed by atoms with van der Waals surface area (Å²) in [5.74, 6) is 0.719. The van der Waals surface area contributed by atoms with Crippen molar-refractivity contribution in [1.29, 1.82) is 0 Å². The third-order valence-electron chi connectivity index (χ3n) is 4.83. The van der Waals surface area contributed by atoms with Gasteiger partial charge >= 0.3 is 0 Å². The minimum atomic E-state index is -0.288. The third-order valence-corrected chi connectivity index (χ3v) is 5.26. The number of nitrogens with one attached hydrogen (secondary N) is 1. The van der Waals surface area contributed by atoms with Crippen LogP contribution in [0, 0.1) is 12.8 Å². The molecule has 0 bridgehead atoms. The minimum absolute atomic E-state index is 0.0573. The number of nitrogens with zero attached hydrogens (tertiary/aromatic N) is 2. The molecule has 6 heteroatoms. The van der Waals surface area contributed by atoms with Crippen molar-refractivity contribution in [2.75, 3.05) is 12.4 Å². The monoisotopic (exact) mass is 467 g/mol. The van der Waals surface area contributed by atoms with Crippen LogP contribution in [0.15, 0.2) is 59.5 Å². The normalized spacial score (nSPS) is 11.9. The zero-order chi connectivity index (χ0) is 21.7. The van der Waals surface area contributed by atoms with E-state index >= 15 is 0 Å². The number of hydrogen-bond acceptors (Lipinski definition) is 4. The number of pyridine rings is 2. The summed E-state index contributed by atoms with van der Waals surface area (Å²) in [5, 5.41) is 3.06. The summed E-state index contributed by atoms with van der Waals surface area (Å²) in [6, 6.07) is 11.6. The molecule has 3 aromatic rings. The number of hydrogen-bond donors (Lipinski definition) is 1. The van der Waals surface area contributed by atoms with E-state index in [0.717, 1.165) is 33.3 Å². The Bertz CT molecular complexity index is 1040. The number of rotatable bonds is 7. The van der Waals surface area contributed by atoms with Gasteiger partial charge in [0.05, 0.1) is 13.0 Å². The van der Waals surface area contributed by atoms with E-state index in [0.29, 0.717) is 17.4 Å². The molecule has 1 amide bonds. The molecule has 1 N–H and O–H groups in total. The van der Waals surface area contributed by atoms with Crippen LogP contribution in [0.1, 0.15) is 37.4 Å². The molecule has 1 unspecified atom stereocenters. The van der Waals surface area contributed by atoms with Gasteiger partial charge in [-0.25, -0.2) is 0 Å². The second kappa shape index (κ2) is 9.85. The van der Waals surface area contributed by atoms with Crippen molar-refractivity contribution in [3.8, 4) is 16.9 Å². The van der Waals surface area contributed by atoms with Gasteiger partial charge in [-0.05, 0) is 76.7 Å². The van der Waals surface area contributed by atoms with Crippen LogP contribution in [-0.4, -0.2) is 23.0 Å². The van der Waals surface area contributed by atoms with E-state index in [1.807, 2.05) is 43.3 Å². The van der Waals surface area contributed by atoms with Crippen molar-refractivity contribution in [1.82, 2.24) is 9.97 Å². The topological polar surface area (TPSA) is 64.1 Å². The quantitative estimate of drug-likeness (QED) is 0.463. The lowest BCUT2D eigenvalue weighted by Crippen LogP contribution is -2.22. The molecule has 0 saturated carbocycles. The number of ether oxygens (including phenoxy) is 1. The molecule has 2 heterocycles. The standard InChI is InChI=1S/C24H26BrN3O2/c1-15(2)9-22(18-11-19(25)14-26-13-18)24(29)28-20-5-6-21(23(12-20)30-4)17-7-8-27-16(3)10-17/h5-8,10-15,22H,9H2,1-4H3,(H,28,29). The van der Waals surface area contributed by atoms with Crippen molar-refractivity contribution < 1.29 is 9.53 Å². The first-order valence-electron chi connectivity index (χ1n) is 9.89. The first-order chi connectivity index (χ1) is 14.4. The Labute approximate surface area is 186 Å². The number of aromatic nitrogens is 2. The number of carbonyl (C=O) groups is 1. The summed E-state index contributed by atoms with van der Waals surface area (Å²) in [4.78, 5) is 21.6. The Morgan fingerprint density at radius 2 is 1.97 bits per heavy atom. The largest absolute Gasteiger partial charge is 0.496 e. The molecule has 2 aromatic heterocycles. The van der Waals surface area contributed by atoms with Crippen molar-refractivity contribution in [3.63, 3.8) is 0 Å². The maximum absolute atomic E-state index is 13.2. The first kappa shape index (κ1) is 22.0. The van der Waals surface area contributed by atoms with Gasteiger partial charge in [0.1, 0.15) is 5.75 Å². The summed E-state index contributed by atoms with van der Waals surface area (Å²) in [5.41, 5.74) is 4.51. The fraction of sp³-hybridized carbons (Fsp3) is 0.292. The highest BCUT2D eigenvalue weighted by Crippen LogP contribution is 2.33. The molecule has 5 nitrogen and oxygen atoms in total. The molecular weight excluding hydrogens is 442 g/mol. The smallest absolute Gasteiger partial charge is 0.231 e. The average molecular weight is 468 g/mol. The Morgan fingerprint density at radius 3 is 2.63 bits per heavy atom. The van der Waals surface area contributed by atoms with Gasteiger partial charge in [-0.1, -0.05) is 13.8 Å². The second-order valence-electron chi connectivity index (χ2n) is 7.71. The summed E-state index contributed by atoms with van der Waals surface area (Å²) < 4.78 is 6.46. The number of carbonyl (C=O) groups excluding carboxylic acids is 1. The fourth-order valence-electron chi connectivity index (χ4n) is 3.43. The van der Waals surface area contributed by atoms with Gasteiger partial charge < -0.3 is 10.1 Å². The van der Waals surface area contributed by atoms with Crippen LogP contribution < -0.4 is 10.1 Å². The molecular formula is C24H26BrN3O2. The lowest BCUT2D eigenvalue weighted by molar-refractivity contribution is -0.118. The maximum atomic E-state index is 13.2. The molecule has 0 saturated heterocycles. The SMILES string of the molecule is COc1cc(NC(=O)C(CC(C)C)c2cncc(Br)c2)ccc1-c1ccnc(C)c1. The number of halogens is 1. The van der Waals surface area contributed by atoms with E-state index in [9.17, 15) is 4.79 Å². The number of aryl methyl sites for hydroxylation is 1. The van der Waals surface area contributed by atoms with Gasteiger partial charge in [-0.15, -0.1) is 0 Å². The van der Waals surface area contributed by atoms with Crippen LogP contribution in [0.25, 0.3) is 11.1 Å². The molecule has 156 valence electrons. The highest BCUT2D eigenvalue weighted by Gasteiger charge is 2.23. The van der Waals surface area contributed by atoms with Crippen LogP contribution in [-0.2, 0) is 4.79 Å². The highest BCUT2D eigenvalue weighted by molar-refractivity contribution is 9.10. The average Bonchev–Trinajstić information content (AvgIpc) is 2.71. The van der Waals surface area contributed by atoms with Gasteiger partial charge in [-0.3, -0.25) is 14.8 Å². The van der Waals surface area contributed by atoms with E-state index in [4.69, 9.17) is 4.74 Å². The summed E-state index contributed by atoms with van der Waals surface area (Å²) in [7, 11) is 1.63. The van der Waals surface area contributed by atoms with Gasteiger partial charge in [-0.2, -0.15) is 0 Å². The predicted molar refractivity (Wildman–Crippen MR) is 124 cm³/mol.